The van der Waals surface area contributed by atoms with Crippen LogP contribution < -0.4 is 14.2 Å². The SMILES string of the molecule is COc1ccc(-c2nc(C(CC=O)c3ccccc3OCC(F)F)co2)cc1OCC(F)F. The fraction of sp³-hybridized carbons (Fsp3) is 0.304. The average Bonchev–Trinajstić information content (AvgIpc) is 3.30. The van der Waals surface area contributed by atoms with Gasteiger partial charge in [0.05, 0.1) is 12.8 Å². The van der Waals surface area contributed by atoms with Crippen molar-refractivity contribution in [2.24, 2.45) is 0 Å². The minimum atomic E-state index is -2.66. The largest absolute Gasteiger partial charge is 0.493 e. The Morgan fingerprint density at radius 3 is 2.33 bits per heavy atom. The number of oxazole rings is 1. The van der Waals surface area contributed by atoms with Gasteiger partial charge in [0.25, 0.3) is 12.9 Å². The second-order valence-electron chi connectivity index (χ2n) is 6.84. The fourth-order valence-corrected chi connectivity index (χ4v) is 3.21. The van der Waals surface area contributed by atoms with Crippen LogP contribution in [0.4, 0.5) is 17.6 Å². The van der Waals surface area contributed by atoms with Gasteiger partial charge in [0.1, 0.15) is 31.5 Å². The monoisotopic (exact) mass is 467 g/mol. The number of hydrogen-bond donors (Lipinski definition) is 0. The molecule has 3 aromatic rings. The van der Waals surface area contributed by atoms with Crippen molar-refractivity contribution in [3.63, 3.8) is 0 Å². The van der Waals surface area contributed by atoms with Crippen LogP contribution in [0.2, 0.25) is 0 Å². The lowest BCUT2D eigenvalue weighted by molar-refractivity contribution is -0.108. The molecule has 6 nitrogen and oxygen atoms in total. The van der Waals surface area contributed by atoms with Gasteiger partial charge in [-0.1, -0.05) is 18.2 Å². The molecule has 0 saturated heterocycles. The molecule has 0 aliphatic rings. The molecule has 1 unspecified atom stereocenters. The summed E-state index contributed by atoms with van der Waals surface area (Å²) >= 11 is 0. The van der Waals surface area contributed by atoms with Gasteiger partial charge in [-0.2, -0.15) is 0 Å². The number of carbonyl (C=O) groups is 1. The number of halogens is 4. The van der Waals surface area contributed by atoms with E-state index in [1.807, 2.05) is 0 Å². The number of nitrogens with zero attached hydrogens (tertiary/aromatic N) is 1. The lowest BCUT2D eigenvalue weighted by Crippen LogP contribution is -2.11. The molecule has 176 valence electrons. The third-order valence-corrected chi connectivity index (χ3v) is 4.65. The molecule has 0 amide bonds. The van der Waals surface area contributed by atoms with Gasteiger partial charge in [-0.15, -0.1) is 0 Å². The van der Waals surface area contributed by atoms with E-state index in [4.69, 9.17) is 18.6 Å². The number of ether oxygens (including phenoxy) is 3. The number of alkyl halides is 4. The smallest absolute Gasteiger partial charge is 0.272 e. The zero-order valence-electron chi connectivity index (χ0n) is 17.5. The van der Waals surface area contributed by atoms with E-state index in [-0.39, 0.29) is 29.6 Å². The Bertz CT molecular complexity index is 1060. The van der Waals surface area contributed by atoms with Gasteiger partial charge >= 0.3 is 0 Å². The predicted molar refractivity (Wildman–Crippen MR) is 110 cm³/mol. The Kier molecular flexibility index (Phi) is 8.28. The van der Waals surface area contributed by atoms with Crippen LogP contribution in [0.15, 0.2) is 53.1 Å². The third-order valence-electron chi connectivity index (χ3n) is 4.65. The lowest BCUT2D eigenvalue weighted by Gasteiger charge is -2.17. The van der Waals surface area contributed by atoms with Crippen molar-refractivity contribution >= 4 is 6.29 Å². The Morgan fingerprint density at radius 2 is 1.67 bits per heavy atom. The van der Waals surface area contributed by atoms with Gasteiger partial charge < -0.3 is 23.4 Å². The van der Waals surface area contributed by atoms with Crippen LogP contribution in [0.5, 0.6) is 17.2 Å². The lowest BCUT2D eigenvalue weighted by atomic mass is 9.92. The molecule has 1 atom stereocenters. The second kappa shape index (κ2) is 11.3. The highest BCUT2D eigenvalue weighted by atomic mass is 19.3. The van der Waals surface area contributed by atoms with E-state index in [0.717, 1.165) is 0 Å². The normalized spacial score (nSPS) is 12.1. The third kappa shape index (κ3) is 6.24. The summed E-state index contributed by atoms with van der Waals surface area (Å²) in [6.45, 7) is -1.60. The topological polar surface area (TPSA) is 70.8 Å². The van der Waals surface area contributed by atoms with E-state index in [0.29, 0.717) is 23.1 Å². The molecule has 0 aliphatic heterocycles. The molecule has 0 spiro atoms. The quantitative estimate of drug-likeness (QED) is 0.264. The average molecular weight is 467 g/mol. The highest BCUT2D eigenvalue weighted by Gasteiger charge is 2.23. The van der Waals surface area contributed by atoms with Crippen LogP contribution in [0.1, 0.15) is 23.6 Å². The first-order chi connectivity index (χ1) is 15.9. The maximum Gasteiger partial charge on any atom is 0.272 e. The molecule has 0 aliphatic carbocycles. The summed E-state index contributed by atoms with van der Waals surface area (Å²) in [6.07, 6.45) is -3.28. The molecule has 0 bridgehead atoms. The predicted octanol–water partition coefficient (Wildman–Crippen LogP) is 5.36. The molecule has 1 aromatic heterocycles. The summed E-state index contributed by atoms with van der Waals surface area (Å²) in [7, 11) is 1.38. The summed E-state index contributed by atoms with van der Waals surface area (Å²) in [5, 5.41) is 0. The number of rotatable bonds is 12. The maximum atomic E-state index is 12.6. The van der Waals surface area contributed by atoms with E-state index in [1.165, 1.54) is 31.6 Å². The Labute approximate surface area is 187 Å². The Morgan fingerprint density at radius 1 is 0.970 bits per heavy atom. The summed E-state index contributed by atoms with van der Waals surface area (Å²) in [4.78, 5) is 15.8. The van der Waals surface area contributed by atoms with E-state index in [9.17, 15) is 22.4 Å². The maximum absolute atomic E-state index is 12.6. The molecule has 0 saturated carbocycles. The number of carbonyl (C=O) groups excluding carboxylic acids is 1. The number of para-hydroxylation sites is 1. The molecule has 2 aromatic carbocycles. The van der Waals surface area contributed by atoms with Crippen molar-refractivity contribution in [3.05, 3.63) is 60.0 Å². The highest BCUT2D eigenvalue weighted by molar-refractivity contribution is 5.61. The van der Waals surface area contributed by atoms with Crippen LogP contribution >= 0.6 is 0 Å². The van der Waals surface area contributed by atoms with Crippen LogP contribution in [-0.2, 0) is 4.79 Å². The van der Waals surface area contributed by atoms with Gasteiger partial charge in [-0.3, -0.25) is 0 Å². The first kappa shape index (κ1) is 24.1. The molecule has 0 fully saturated rings. The van der Waals surface area contributed by atoms with E-state index in [2.05, 4.69) is 4.98 Å². The van der Waals surface area contributed by atoms with Crippen LogP contribution in [0, 0.1) is 0 Å². The van der Waals surface area contributed by atoms with Crippen molar-refractivity contribution in [3.8, 4) is 28.7 Å². The van der Waals surface area contributed by atoms with Crippen molar-refractivity contribution in [1.29, 1.82) is 0 Å². The van der Waals surface area contributed by atoms with Crippen LogP contribution in [0.25, 0.3) is 11.5 Å². The van der Waals surface area contributed by atoms with Crippen LogP contribution in [-0.4, -0.2) is 44.4 Å². The molecule has 3 rings (SSSR count). The fourth-order valence-electron chi connectivity index (χ4n) is 3.21. The van der Waals surface area contributed by atoms with E-state index >= 15 is 0 Å². The second-order valence-corrected chi connectivity index (χ2v) is 6.84. The summed E-state index contributed by atoms with van der Waals surface area (Å²) in [6, 6.07) is 11.1. The first-order valence-corrected chi connectivity index (χ1v) is 9.91. The molecular weight excluding hydrogens is 446 g/mol. The molecule has 0 radical (unpaired) electrons. The highest BCUT2D eigenvalue weighted by Crippen LogP contribution is 2.37. The van der Waals surface area contributed by atoms with Gasteiger partial charge in [-0.05, 0) is 24.3 Å². The van der Waals surface area contributed by atoms with E-state index < -0.39 is 32.0 Å². The molecule has 33 heavy (non-hydrogen) atoms. The number of aldehydes is 1. The van der Waals surface area contributed by atoms with Crippen molar-refractivity contribution in [2.45, 2.75) is 25.2 Å². The van der Waals surface area contributed by atoms with Crippen molar-refractivity contribution < 1.29 is 41.0 Å². The molecule has 1 heterocycles. The standard InChI is InChI=1S/C23H21F4NO5/c1-30-19-7-6-14(10-20(19)32-13-22(26)27)23-28-17(11-33-23)15(8-9-29)16-4-2-3-5-18(16)31-12-21(24)25/h2-7,9-11,15,21-22H,8,12-13H2,1H3. The number of aromatic nitrogens is 1. The summed E-state index contributed by atoms with van der Waals surface area (Å²) in [5.41, 5.74) is 1.30. The minimum absolute atomic E-state index is 0.00634. The molecule has 0 N–H and O–H groups in total. The summed E-state index contributed by atoms with van der Waals surface area (Å²) < 4.78 is 71.4. The van der Waals surface area contributed by atoms with E-state index in [1.54, 1.807) is 24.3 Å². The van der Waals surface area contributed by atoms with Crippen molar-refractivity contribution in [1.82, 2.24) is 4.98 Å². The number of methoxy groups -OCH3 is 1. The first-order valence-electron chi connectivity index (χ1n) is 9.91. The summed E-state index contributed by atoms with van der Waals surface area (Å²) in [5.74, 6) is 0.0970. The van der Waals surface area contributed by atoms with Crippen LogP contribution in [0.3, 0.4) is 0 Å². The Balaban J connectivity index is 1.92. The van der Waals surface area contributed by atoms with Gasteiger partial charge in [-0.25, -0.2) is 22.5 Å². The zero-order valence-corrected chi connectivity index (χ0v) is 17.5. The number of hydrogen-bond acceptors (Lipinski definition) is 6. The minimum Gasteiger partial charge on any atom is -0.493 e. The number of benzene rings is 2. The van der Waals surface area contributed by atoms with Gasteiger partial charge in [0.15, 0.2) is 11.5 Å². The molecule has 10 heteroatoms. The van der Waals surface area contributed by atoms with Gasteiger partial charge in [0.2, 0.25) is 5.89 Å². The van der Waals surface area contributed by atoms with Gasteiger partial charge in [0, 0.05) is 23.5 Å². The molecular formula is C23H21F4NO5. The Hall–Kier alpha value is -3.56. The zero-order chi connectivity index (χ0) is 23.8. The van der Waals surface area contributed by atoms with Crippen molar-refractivity contribution in [2.75, 3.05) is 20.3 Å².